The van der Waals surface area contributed by atoms with E-state index in [1.54, 1.807) is 24.3 Å². The van der Waals surface area contributed by atoms with E-state index in [2.05, 4.69) is 15.0 Å². The number of nitrogens with zero attached hydrogens (tertiary/aromatic N) is 3. The summed E-state index contributed by atoms with van der Waals surface area (Å²) in [5.74, 6) is -1.64. The van der Waals surface area contributed by atoms with Crippen molar-refractivity contribution in [2.24, 2.45) is 0 Å². The molecule has 0 aliphatic carbocycles. The van der Waals surface area contributed by atoms with Gasteiger partial charge in [-0.2, -0.15) is 0 Å². The van der Waals surface area contributed by atoms with Crippen LogP contribution in [0, 0.1) is 0 Å². The van der Waals surface area contributed by atoms with Gasteiger partial charge in [0.2, 0.25) is 0 Å². The van der Waals surface area contributed by atoms with E-state index < -0.39 is 11.9 Å². The molecule has 0 aliphatic heterocycles. The van der Waals surface area contributed by atoms with Crippen molar-refractivity contribution in [1.29, 1.82) is 0 Å². The van der Waals surface area contributed by atoms with Crippen molar-refractivity contribution in [3.8, 4) is 5.69 Å². The molecular formula is C13H13N3O5. The van der Waals surface area contributed by atoms with Gasteiger partial charge in [0.1, 0.15) is 5.69 Å². The summed E-state index contributed by atoms with van der Waals surface area (Å²) in [7, 11) is 2.74. The zero-order valence-corrected chi connectivity index (χ0v) is 11.4. The molecule has 0 fully saturated rings. The number of carbonyl (C=O) groups excluding carboxylic acids is 1. The van der Waals surface area contributed by atoms with Crippen molar-refractivity contribution < 1.29 is 24.2 Å². The molecule has 0 saturated carbocycles. The van der Waals surface area contributed by atoms with Gasteiger partial charge in [0, 0.05) is 7.11 Å². The van der Waals surface area contributed by atoms with E-state index in [4.69, 9.17) is 9.84 Å². The molecule has 2 rings (SSSR count). The number of hydrogen-bond acceptors (Lipinski definition) is 6. The second-order valence-corrected chi connectivity index (χ2v) is 4.07. The third-order valence-electron chi connectivity index (χ3n) is 2.78. The van der Waals surface area contributed by atoms with Gasteiger partial charge in [-0.05, 0) is 24.3 Å². The SMILES string of the molecule is COCc1c(C(=O)O)nnn1-c1ccc(C(=O)OC)cc1. The molecule has 110 valence electrons. The number of methoxy groups -OCH3 is 2. The van der Waals surface area contributed by atoms with Gasteiger partial charge in [-0.15, -0.1) is 5.10 Å². The van der Waals surface area contributed by atoms with Crippen molar-refractivity contribution in [1.82, 2.24) is 15.0 Å². The first-order valence-corrected chi connectivity index (χ1v) is 5.94. The van der Waals surface area contributed by atoms with Crippen molar-refractivity contribution in [2.75, 3.05) is 14.2 Å². The number of carboxylic acid groups (broad SMARTS) is 1. The van der Waals surface area contributed by atoms with Gasteiger partial charge in [-0.3, -0.25) is 0 Å². The number of esters is 1. The summed E-state index contributed by atoms with van der Waals surface area (Å²) in [4.78, 5) is 22.5. The van der Waals surface area contributed by atoms with Crippen molar-refractivity contribution in [3.05, 3.63) is 41.2 Å². The van der Waals surface area contributed by atoms with Crippen LogP contribution in [0.5, 0.6) is 0 Å². The highest BCUT2D eigenvalue weighted by Gasteiger charge is 2.19. The lowest BCUT2D eigenvalue weighted by atomic mass is 10.2. The van der Waals surface area contributed by atoms with Gasteiger partial charge in [-0.1, -0.05) is 5.21 Å². The second kappa shape index (κ2) is 6.14. The Labute approximate surface area is 119 Å². The Morgan fingerprint density at radius 1 is 1.24 bits per heavy atom. The number of ether oxygens (including phenoxy) is 2. The number of aromatic carboxylic acids is 1. The highest BCUT2D eigenvalue weighted by atomic mass is 16.5. The lowest BCUT2D eigenvalue weighted by molar-refractivity contribution is 0.0599. The Morgan fingerprint density at radius 2 is 1.90 bits per heavy atom. The quantitative estimate of drug-likeness (QED) is 0.816. The molecule has 8 nitrogen and oxygen atoms in total. The average molecular weight is 291 g/mol. The lowest BCUT2D eigenvalue weighted by Gasteiger charge is -2.07. The van der Waals surface area contributed by atoms with Gasteiger partial charge in [0.05, 0.1) is 25.0 Å². The van der Waals surface area contributed by atoms with Crippen LogP contribution in [0.4, 0.5) is 0 Å². The number of rotatable bonds is 5. The fraction of sp³-hybridized carbons (Fsp3) is 0.231. The first-order chi connectivity index (χ1) is 10.1. The van der Waals surface area contributed by atoms with Crippen LogP contribution >= 0.6 is 0 Å². The van der Waals surface area contributed by atoms with E-state index >= 15 is 0 Å². The maximum Gasteiger partial charge on any atom is 0.358 e. The minimum atomic E-state index is -1.18. The maximum absolute atomic E-state index is 11.4. The topological polar surface area (TPSA) is 104 Å². The molecule has 0 aliphatic rings. The predicted octanol–water partition coefficient (Wildman–Crippen LogP) is 0.898. The van der Waals surface area contributed by atoms with Crippen LogP contribution in [-0.2, 0) is 16.1 Å². The smallest absolute Gasteiger partial charge is 0.358 e. The molecule has 1 N–H and O–H groups in total. The third kappa shape index (κ3) is 2.90. The first kappa shape index (κ1) is 14.7. The Bertz CT molecular complexity index is 663. The fourth-order valence-corrected chi connectivity index (χ4v) is 1.80. The summed E-state index contributed by atoms with van der Waals surface area (Å²) >= 11 is 0. The van der Waals surface area contributed by atoms with E-state index in [-0.39, 0.29) is 12.3 Å². The molecule has 0 amide bonds. The molecule has 2 aromatic rings. The number of aromatic nitrogens is 3. The van der Waals surface area contributed by atoms with Gasteiger partial charge in [0.25, 0.3) is 0 Å². The minimum Gasteiger partial charge on any atom is -0.476 e. The summed E-state index contributed by atoms with van der Waals surface area (Å²) in [6, 6.07) is 6.34. The normalized spacial score (nSPS) is 10.4. The summed E-state index contributed by atoms with van der Waals surface area (Å²) in [6.07, 6.45) is 0. The summed E-state index contributed by atoms with van der Waals surface area (Å²) in [5, 5.41) is 16.5. The van der Waals surface area contributed by atoms with Crippen molar-refractivity contribution in [2.45, 2.75) is 6.61 Å². The summed E-state index contributed by atoms with van der Waals surface area (Å²) in [5.41, 5.74) is 1.09. The van der Waals surface area contributed by atoms with Crippen LogP contribution < -0.4 is 0 Å². The molecule has 0 atom stereocenters. The molecule has 0 radical (unpaired) electrons. The summed E-state index contributed by atoms with van der Waals surface area (Å²) in [6.45, 7) is 0.0490. The maximum atomic E-state index is 11.4. The standard InChI is InChI=1S/C13H13N3O5/c1-20-7-10-11(12(17)18)14-15-16(10)9-5-3-8(4-6-9)13(19)21-2/h3-6H,7H2,1-2H3,(H,17,18). The molecule has 0 saturated heterocycles. The zero-order valence-electron chi connectivity index (χ0n) is 11.4. The van der Waals surface area contributed by atoms with Crippen molar-refractivity contribution in [3.63, 3.8) is 0 Å². The molecule has 0 unspecified atom stereocenters. The second-order valence-electron chi connectivity index (χ2n) is 4.07. The average Bonchev–Trinajstić information content (AvgIpc) is 2.91. The molecule has 1 aromatic carbocycles. The van der Waals surface area contributed by atoms with Crippen molar-refractivity contribution >= 4 is 11.9 Å². The molecule has 21 heavy (non-hydrogen) atoms. The fourth-order valence-electron chi connectivity index (χ4n) is 1.80. The highest BCUT2D eigenvalue weighted by Crippen LogP contribution is 2.15. The first-order valence-electron chi connectivity index (χ1n) is 5.94. The molecule has 0 bridgehead atoms. The molecule has 1 aromatic heterocycles. The van der Waals surface area contributed by atoms with E-state index in [1.807, 2.05) is 0 Å². The Morgan fingerprint density at radius 3 is 2.43 bits per heavy atom. The van der Waals surface area contributed by atoms with E-state index in [9.17, 15) is 9.59 Å². The molecule has 0 spiro atoms. The third-order valence-corrected chi connectivity index (χ3v) is 2.78. The van der Waals surface area contributed by atoms with Crippen LogP contribution in [0.15, 0.2) is 24.3 Å². The van der Waals surface area contributed by atoms with Crippen LogP contribution in [-0.4, -0.2) is 46.3 Å². The summed E-state index contributed by atoms with van der Waals surface area (Å²) < 4.78 is 10.9. The van der Waals surface area contributed by atoms with Crippen LogP contribution in [0.2, 0.25) is 0 Å². The van der Waals surface area contributed by atoms with Gasteiger partial charge >= 0.3 is 11.9 Å². The molecule has 1 heterocycles. The Kier molecular flexibility index (Phi) is 4.29. The molecular weight excluding hydrogens is 278 g/mol. The number of carboxylic acids is 1. The van der Waals surface area contributed by atoms with Gasteiger partial charge in [0.15, 0.2) is 5.69 Å². The Hall–Kier alpha value is -2.74. The number of carbonyl (C=O) groups is 2. The van der Waals surface area contributed by atoms with Gasteiger partial charge < -0.3 is 14.6 Å². The van der Waals surface area contributed by atoms with E-state index in [1.165, 1.54) is 18.9 Å². The lowest BCUT2D eigenvalue weighted by Crippen LogP contribution is -2.08. The monoisotopic (exact) mass is 291 g/mol. The van der Waals surface area contributed by atoms with E-state index in [0.29, 0.717) is 16.9 Å². The van der Waals surface area contributed by atoms with E-state index in [0.717, 1.165) is 0 Å². The number of benzene rings is 1. The van der Waals surface area contributed by atoms with Crippen LogP contribution in [0.1, 0.15) is 26.5 Å². The van der Waals surface area contributed by atoms with Crippen LogP contribution in [0.3, 0.4) is 0 Å². The number of hydrogen-bond donors (Lipinski definition) is 1. The predicted molar refractivity (Wildman–Crippen MR) is 70.4 cm³/mol. The van der Waals surface area contributed by atoms with Gasteiger partial charge in [-0.25, -0.2) is 14.3 Å². The molecule has 8 heteroatoms. The largest absolute Gasteiger partial charge is 0.476 e. The minimum absolute atomic E-state index is 0.0490. The van der Waals surface area contributed by atoms with Crippen LogP contribution in [0.25, 0.3) is 5.69 Å². The Balaban J connectivity index is 2.42. The zero-order chi connectivity index (χ0) is 15.4. The highest BCUT2D eigenvalue weighted by molar-refractivity contribution is 5.89.